The van der Waals surface area contributed by atoms with E-state index in [0.717, 1.165) is 11.1 Å². The Balaban J connectivity index is 1.41. The Kier molecular flexibility index (Phi) is 4.71. The molecule has 2 amide bonds. The highest BCUT2D eigenvalue weighted by Gasteiger charge is 2.47. The van der Waals surface area contributed by atoms with Gasteiger partial charge < -0.3 is 10.6 Å². The Morgan fingerprint density at radius 2 is 1.13 bits per heavy atom. The summed E-state index contributed by atoms with van der Waals surface area (Å²) >= 11 is 0. The van der Waals surface area contributed by atoms with E-state index in [2.05, 4.69) is 10.6 Å². The van der Waals surface area contributed by atoms with E-state index < -0.39 is 0 Å². The van der Waals surface area contributed by atoms with Crippen LogP contribution in [0.15, 0.2) is 60.7 Å². The van der Waals surface area contributed by atoms with Crippen molar-refractivity contribution in [3.63, 3.8) is 0 Å². The fourth-order valence-corrected chi connectivity index (χ4v) is 2.61. The van der Waals surface area contributed by atoms with E-state index in [4.69, 9.17) is 0 Å². The predicted octanol–water partition coefficient (Wildman–Crippen LogP) is 2.26. The van der Waals surface area contributed by atoms with Gasteiger partial charge in [0.15, 0.2) is 0 Å². The van der Waals surface area contributed by atoms with Crippen LogP contribution in [-0.2, 0) is 22.7 Å². The van der Waals surface area contributed by atoms with Crippen molar-refractivity contribution < 1.29 is 9.59 Å². The van der Waals surface area contributed by atoms with Crippen molar-refractivity contribution in [1.29, 1.82) is 0 Å². The van der Waals surface area contributed by atoms with E-state index in [1.165, 1.54) is 0 Å². The first kappa shape index (κ1) is 15.3. The van der Waals surface area contributed by atoms with Crippen molar-refractivity contribution in [1.82, 2.24) is 10.6 Å². The molecule has 3 rings (SSSR count). The molecule has 2 unspecified atom stereocenters. The molecule has 0 saturated heterocycles. The summed E-state index contributed by atoms with van der Waals surface area (Å²) in [6, 6.07) is 19.5. The number of amides is 2. The molecule has 0 aromatic heterocycles. The van der Waals surface area contributed by atoms with Gasteiger partial charge in [-0.05, 0) is 17.5 Å². The van der Waals surface area contributed by atoms with Gasteiger partial charge in [0.25, 0.3) is 0 Å². The molecule has 23 heavy (non-hydrogen) atoms. The summed E-state index contributed by atoms with van der Waals surface area (Å²) in [7, 11) is 0. The van der Waals surface area contributed by atoms with Crippen LogP contribution >= 0.6 is 0 Å². The van der Waals surface area contributed by atoms with Gasteiger partial charge in [0.1, 0.15) is 0 Å². The minimum absolute atomic E-state index is 0.0336. The molecule has 4 nitrogen and oxygen atoms in total. The second-order valence-electron chi connectivity index (χ2n) is 5.86. The van der Waals surface area contributed by atoms with Crippen molar-refractivity contribution in [2.75, 3.05) is 0 Å². The zero-order valence-electron chi connectivity index (χ0n) is 12.9. The molecule has 0 heterocycles. The van der Waals surface area contributed by atoms with E-state index >= 15 is 0 Å². The van der Waals surface area contributed by atoms with Gasteiger partial charge in [0, 0.05) is 13.1 Å². The van der Waals surface area contributed by atoms with Crippen molar-refractivity contribution in [2.24, 2.45) is 11.8 Å². The molecule has 1 saturated carbocycles. The number of rotatable bonds is 6. The Hall–Kier alpha value is -2.62. The summed E-state index contributed by atoms with van der Waals surface area (Å²) in [6.07, 6.45) is 0.640. The quantitative estimate of drug-likeness (QED) is 0.860. The average Bonchev–Trinajstić information content (AvgIpc) is 3.40. The molecule has 2 aromatic rings. The van der Waals surface area contributed by atoms with Crippen LogP contribution in [0.2, 0.25) is 0 Å². The van der Waals surface area contributed by atoms with Crippen molar-refractivity contribution in [3.8, 4) is 0 Å². The second-order valence-corrected chi connectivity index (χ2v) is 5.86. The van der Waals surface area contributed by atoms with Gasteiger partial charge in [-0.25, -0.2) is 0 Å². The Morgan fingerprint density at radius 1 is 0.739 bits per heavy atom. The number of carbonyl (C=O) groups excluding carboxylic acids is 2. The highest BCUT2D eigenvalue weighted by Crippen LogP contribution is 2.38. The Morgan fingerprint density at radius 3 is 1.52 bits per heavy atom. The van der Waals surface area contributed by atoms with Gasteiger partial charge in [-0.1, -0.05) is 60.7 Å². The van der Waals surface area contributed by atoms with Gasteiger partial charge in [-0.3, -0.25) is 9.59 Å². The molecule has 0 aliphatic heterocycles. The number of hydrogen-bond acceptors (Lipinski definition) is 2. The summed E-state index contributed by atoms with van der Waals surface area (Å²) in [5.74, 6) is -0.439. The van der Waals surface area contributed by atoms with Gasteiger partial charge in [-0.15, -0.1) is 0 Å². The fraction of sp³-hybridized carbons (Fsp3) is 0.263. The van der Waals surface area contributed by atoms with Gasteiger partial charge in [0.05, 0.1) is 11.8 Å². The van der Waals surface area contributed by atoms with Crippen LogP contribution in [-0.4, -0.2) is 11.8 Å². The standard InChI is InChI=1S/C19H20N2O2/c22-18(20-12-14-7-3-1-4-8-14)16-11-17(16)19(23)21-13-15-9-5-2-6-10-15/h1-10,16-17H,11-13H2,(H,20,22)(H,21,23). The SMILES string of the molecule is O=C(NCc1ccccc1)C1CC1C(=O)NCc1ccccc1. The van der Waals surface area contributed by atoms with E-state index in [0.29, 0.717) is 19.5 Å². The summed E-state index contributed by atoms with van der Waals surface area (Å²) in [6.45, 7) is 1.02. The summed E-state index contributed by atoms with van der Waals surface area (Å²) in [4.78, 5) is 24.2. The lowest BCUT2D eigenvalue weighted by Crippen LogP contribution is -2.29. The van der Waals surface area contributed by atoms with Crippen molar-refractivity contribution in [3.05, 3.63) is 71.8 Å². The van der Waals surface area contributed by atoms with E-state index in [1.807, 2.05) is 60.7 Å². The molecule has 2 atom stereocenters. The van der Waals surface area contributed by atoms with Crippen LogP contribution in [0, 0.1) is 11.8 Å². The minimum Gasteiger partial charge on any atom is -0.352 e. The molecular weight excluding hydrogens is 288 g/mol. The first-order chi connectivity index (χ1) is 11.2. The molecule has 1 fully saturated rings. The molecule has 118 valence electrons. The molecular formula is C19H20N2O2. The fourth-order valence-electron chi connectivity index (χ4n) is 2.61. The summed E-state index contributed by atoms with van der Waals surface area (Å²) in [5.41, 5.74) is 2.12. The summed E-state index contributed by atoms with van der Waals surface area (Å²) < 4.78 is 0. The molecule has 2 aromatic carbocycles. The third-order valence-electron chi connectivity index (χ3n) is 4.08. The van der Waals surface area contributed by atoms with Gasteiger partial charge in [0.2, 0.25) is 11.8 Å². The Labute approximate surface area is 135 Å². The van der Waals surface area contributed by atoms with Crippen molar-refractivity contribution in [2.45, 2.75) is 19.5 Å². The first-order valence-corrected chi connectivity index (χ1v) is 7.87. The maximum absolute atomic E-state index is 12.1. The zero-order valence-corrected chi connectivity index (χ0v) is 12.9. The van der Waals surface area contributed by atoms with Crippen LogP contribution in [0.25, 0.3) is 0 Å². The lowest BCUT2D eigenvalue weighted by molar-refractivity contribution is -0.127. The minimum atomic E-state index is -0.186. The lowest BCUT2D eigenvalue weighted by Gasteiger charge is -2.06. The molecule has 1 aliphatic rings. The van der Waals surface area contributed by atoms with Crippen molar-refractivity contribution >= 4 is 11.8 Å². The van der Waals surface area contributed by atoms with Crippen LogP contribution in [0.3, 0.4) is 0 Å². The zero-order chi connectivity index (χ0) is 16.1. The summed E-state index contributed by atoms with van der Waals surface area (Å²) in [5, 5.41) is 5.80. The number of nitrogens with one attached hydrogen (secondary N) is 2. The number of benzene rings is 2. The monoisotopic (exact) mass is 308 g/mol. The largest absolute Gasteiger partial charge is 0.352 e. The first-order valence-electron chi connectivity index (χ1n) is 7.87. The number of hydrogen-bond donors (Lipinski definition) is 2. The number of carbonyl (C=O) groups is 2. The lowest BCUT2D eigenvalue weighted by atomic mass is 10.2. The molecule has 0 bridgehead atoms. The maximum Gasteiger partial charge on any atom is 0.224 e. The second kappa shape index (κ2) is 7.09. The smallest absolute Gasteiger partial charge is 0.224 e. The van der Waals surface area contributed by atoms with Crippen LogP contribution < -0.4 is 10.6 Å². The normalized spacial score (nSPS) is 19.0. The third-order valence-corrected chi connectivity index (χ3v) is 4.08. The molecule has 2 N–H and O–H groups in total. The molecule has 1 aliphatic carbocycles. The third kappa shape index (κ3) is 4.19. The van der Waals surface area contributed by atoms with E-state index in [9.17, 15) is 9.59 Å². The molecule has 0 radical (unpaired) electrons. The Bertz CT molecular complexity index is 611. The van der Waals surface area contributed by atoms with Crippen LogP contribution in [0.1, 0.15) is 17.5 Å². The average molecular weight is 308 g/mol. The van der Waals surface area contributed by atoms with Gasteiger partial charge >= 0.3 is 0 Å². The van der Waals surface area contributed by atoms with E-state index in [1.54, 1.807) is 0 Å². The van der Waals surface area contributed by atoms with Crippen LogP contribution in [0.5, 0.6) is 0 Å². The van der Waals surface area contributed by atoms with E-state index in [-0.39, 0.29) is 23.7 Å². The molecule has 0 spiro atoms. The topological polar surface area (TPSA) is 58.2 Å². The highest BCUT2D eigenvalue weighted by molar-refractivity contribution is 5.92. The van der Waals surface area contributed by atoms with Gasteiger partial charge in [-0.2, -0.15) is 0 Å². The molecule has 4 heteroatoms. The predicted molar refractivity (Wildman–Crippen MR) is 88.2 cm³/mol. The maximum atomic E-state index is 12.1. The van der Waals surface area contributed by atoms with Crippen LogP contribution in [0.4, 0.5) is 0 Å². The highest BCUT2D eigenvalue weighted by atomic mass is 16.2.